The Hall–Kier alpha value is -1.66. The molecule has 0 saturated carbocycles. The highest BCUT2D eigenvalue weighted by molar-refractivity contribution is 9.10. The minimum absolute atomic E-state index is 0.135. The fourth-order valence-electron chi connectivity index (χ4n) is 3.18. The Morgan fingerprint density at radius 3 is 1.55 bits per heavy atom. The van der Waals surface area contributed by atoms with E-state index < -0.39 is 11.8 Å². The minimum Gasteiger partial charge on any atom is -0.325 e. The number of benzene rings is 2. The van der Waals surface area contributed by atoms with Gasteiger partial charge in [-0.05, 0) is 35.4 Å². The molecule has 2 aromatic carbocycles. The minimum atomic E-state index is -0.495. The largest absolute Gasteiger partial charge is 0.325 e. The van der Waals surface area contributed by atoms with Crippen LogP contribution < -0.4 is 10.6 Å². The monoisotopic (exact) mass is 420 g/mol. The van der Waals surface area contributed by atoms with Gasteiger partial charge in [0.15, 0.2) is 0 Å². The molecule has 4 rings (SSSR count). The van der Waals surface area contributed by atoms with Gasteiger partial charge in [0.1, 0.15) is 0 Å². The second-order valence-corrected chi connectivity index (χ2v) is 7.23. The van der Waals surface area contributed by atoms with Crippen LogP contribution in [0.25, 0.3) is 0 Å². The van der Waals surface area contributed by atoms with E-state index in [1.165, 1.54) is 0 Å². The maximum absolute atomic E-state index is 12.4. The first-order valence-corrected chi connectivity index (χ1v) is 8.34. The Bertz CT molecular complexity index is 765. The van der Waals surface area contributed by atoms with Crippen LogP contribution in [-0.4, -0.2) is 11.8 Å². The Labute approximate surface area is 143 Å². The van der Waals surface area contributed by atoms with Crippen LogP contribution in [0, 0.1) is 0 Å². The van der Waals surface area contributed by atoms with Crippen molar-refractivity contribution in [3.63, 3.8) is 0 Å². The maximum Gasteiger partial charge on any atom is 0.233 e. The molecular weight excluding hydrogens is 412 g/mol. The van der Waals surface area contributed by atoms with Crippen molar-refractivity contribution in [3.05, 3.63) is 56.5 Å². The number of amides is 2. The van der Waals surface area contributed by atoms with Crippen LogP contribution in [-0.2, 0) is 9.59 Å². The van der Waals surface area contributed by atoms with Gasteiger partial charge >= 0.3 is 0 Å². The average molecular weight is 422 g/mol. The summed E-state index contributed by atoms with van der Waals surface area (Å²) in [6, 6.07) is 11.3. The molecule has 0 radical (unpaired) electrons. The van der Waals surface area contributed by atoms with Gasteiger partial charge < -0.3 is 10.6 Å². The summed E-state index contributed by atoms with van der Waals surface area (Å²) in [5.74, 6) is -1.26. The summed E-state index contributed by atoms with van der Waals surface area (Å²) in [6.45, 7) is 0. The quantitative estimate of drug-likeness (QED) is 0.731. The predicted octanol–water partition coefficient (Wildman–Crippen LogP) is 3.98. The zero-order chi connectivity index (χ0) is 15.4. The first-order valence-electron chi connectivity index (χ1n) is 6.75. The molecule has 6 heteroatoms. The number of nitrogens with one attached hydrogen (secondary N) is 2. The van der Waals surface area contributed by atoms with Crippen LogP contribution in [0.15, 0.2) is 45.3 Å². The van der Waals surface area contributed by atoms with E-state index in [1.54, 1.807) is 0 Å². The lowest BCUT2D eigenvalue weighted by Gasteiger charge is -2.16. The van der Waals surface area contributed by atoms with Gasteiger partial charge in [-0.2, -0.15) is 0 Å². The number of rotatable bonds is 1. The van der Waals surface area contributed by atoms with Gasteiger partial charge in [0.05, 0.1) is 11.8 Å². The Morgan fingerprint density at radius 1 is 0.727 bits per heavy atom. The number of fused-ring (bicyclic) bond motifs is 2. The van der Waals surface area contributed by atoms with E-state index in [9.17, 15) is 9.59 Å². The molecule has 110 valence electrons. The van der Waals surface area contributed by atoms with Crippen molar-refractivity contribution in [1.82, 2.24) is 0 Å². The molecule has 0 saturated heterocycles. The van der Waals surface area contributed by atoms with Gasteiger partial charge in [-0.25, -0.2) is 0 Å². The standard InChI is InChI=1S/C16H10Br2N2O2/c17-7-1-3-9-11(5-7)19-15(21)13(9)14-10-4-2-8(18)6-12(10)20-16(14)22/h1-6,13-14H,(H,19,21)(H,20,22). The highest BCUT2D eigenvalue weighted by Crippen LogP contribution is 2.47. The predicted molar refractivity (Wildman–Crippen MR) is 91.0 cm³/mol. The number of carbonyl (C=O) groups excluding carboxylic acids is 2. The molecule has 2 heterocycles. The van der Waals surface area contributed by atoms with Crippen LogP contribution in [0.1, 0.15) is 23.0 Å². The van der Waals surface area contributed by atoms with Crippen LogP contribution in [0.3, 0.4) is 0 Å². The molecule has 22 heavy (non-hydrogen) atoms. The maximum atomic E-state index is 12.4. The van der Waals surface area contributed by atoms with Gasteiger partial charge in [-0.1, -0.05) is 44.0 Å². The van der Waals surface area contributed by atoms with Gasteiger partial charge in [-0.15, -0.1) is 0 Å². The fourth-order valence-corrected chi connectivity index (χ4v) is 3.90. The number of hydrogen-bond acceptors (Lipinski definition) is 2. The Kier molecular flexibility index (Phi) is 3.13. The zero-order valence-electron chi connectivity index (χ0n) is 11.2. The third-order valence-corrected chi connectivity index (χ3v) is 5.10. The molecule has 4 nitrogen and oxygen atoms in total. The molecule has 2 N–H and O–H groups in total. The second kappa shape index (κ2) is 4.93. The molecule has 0 bridgehead atoms. The van der Waals surface area contributed by atoms with Crippen molar-refractivity contribution in [3.8, 4) is 0 Å². The van der Waals surface area contributed by atoms with Crippen molar-refractivity contribution in [2.24, 2.45) is 0 Å². The van der Waals surface area contributed by atoms with E-state index in [0.717, 1.165) is 31.4 Å². The first-order chi connectivity index (χ1) is 10.5. The summed E-state index contributed by atoms with van der Waals surface area (Å²) in [6.07, 6.45) is 0. The first kappa shape index (κ1) is 14.0. The molecule has 2 atom stereocenters. The lowest BCUT2D eigenvalue weighted by Crippen LogP contribution is -2.24. The number of carbonyl (C=O) groups is 2. The topological polar surface area (TPSA) is 58.2 Å². The molecule has 2 unspecified atom stereocenters. The van der Waals surface area contributed by atoms with Crippen molar-refractivity contribution < 1.29 is 9.59 Å². The Morgan fingerprint density at radius 2 is 1.14 bits per heavy atom. The van der Waals surface area contributed by atoms with E-state index in [2.05, 4.69) is 42.5 Å². The van der Waals surface area contributed by atoms with Gasteiger partial charge in [0.2, 0.25) is 11.8 Å². The van der Waals surface area contributed by atoms with Crippen molar-refractivity contribution >= 4 is 55.0 Å². The molecule has 2 aromatic rings. The van der Waals surface area contributed by atoms with E-state index in [4.69, 9.17) is 0 Å². The third kappa shape index (κ3) is 2.01. The van der Waals surface area contributed by atoms with Gasteiger partial charge in [-0.3, -0.25) is 9.59 Å². The fraction of sp³-hybridized carbons (Fsp3) is 0.125. The highest BCUT2D eigenvalue weighted by atomic mass is 79.9. The SMILES string of the molecule is O=C1Nc2cc(Br)ccc2C1C1C(=O)Nc2cc(Br)ccc21. The Balaban J connectivity index is 1.84. The lowest BCUT2D eigenvalue weighted by atomic mass is 9.83. The number of anilines is 2. The van der Waals surface area contributed by atoms with Crippen molar-refractivity contribution in [1.29, 1.82) is 0 Å². The molecule has 2 aliphatic rings. The molecular formula is C16H10Br2N2O2. The normalized spacial score (nSPS) is 22.1. The van der Waals surface area contributed by atoms with E-state index >= 15 is 0 Å². The molecule has 0 aromatic heterocycles. The lowest BCUT2D eigenvalue weighted by molar-refractivity contribution is -0.123. The van der Waals surface area contributed by atoms with Crippen molar-refractivity contribution in [2.45, 2.75) is 11.8 Å². The van der Waals surface area contributed by atoms with E-state index in [0.29, 0.717) is 0 Å². The zero-order valence-corrected chi connectivity index (χ0v) is 14.4. The average Bonchev–Trinajstić information content (AvgIpc) is 2.93. The van der Waals surface area contributed by atoms with Crippen LogP contribution in [0.5, 0.6) is 0 Å². The molecule has 2 amide bonds. The summed E-state index contributed by atoms with van der Waals surface area (Å²) in [5, 5.41) is 5.74. The van der Waals surface area contributed by atoms with E-state index in [-0.39, 0.29) is 11.8 Å². The van der Waals surface area contributed by atoms with Crippen LogP contribution in [0.2, 0.25) is 0 Å². The molecule has 2 aliphatic heterocycles. The molecule has 0 aliphatic carbocycles. The summed E-state index contributed by atoms with van der Waals surface area (Å²) in [5.41, 5.74) is 3.26. The highest BCUT2D eigenvalue weighted by Gasteiger charge is 2.45. The molecule has 0 fully saturated rings. The number of hydrogen-bond donors (Lipinski definition) is 2. The van der Waals surface area contributed by atoms with Gasteiger partial charge in [0, 0.05) is 20.3 Å². The third-order valence-electron chi connectivity index (χ3n) is 4.11. The summed E-state index contributed by atoms with van der Waals surface area (Å²) in [7, 11) is 0. The summed E-state index contributed by atoms with van der Waals surface area (Å²) < 4.78 is 1.79. The summed E-state index contributed by atoms with van der Waals surface area (Å²) in [4.78, 5) is 24.9. The van der Waals surface area contributed by atoms with Crippen LogP contribution >= 0.6 is 31.9 Å². The van der Waals surface area contributed by atoms with Crippen LogP contribution in [0.4, 0.5) is 11.4 Å². The van der Waals surface area contributed by atoms with Crippen molar-refractivity contribution in [2.75, 3.05) is 10.6 Å². The number of halogens is 2. The smallest absolute Gasteiger partial charge is 0.233 e. The summed E-state index contributed by atoms with van der Waals surface area (Å²) >= 11 is 6.80. The second-order valence-electron chi connectivity index (χ2n) is 5.40. The molecule has 0 spiro atoms. The van der Waals surface area contributed by atoms with E-state index in [1.807, 2.05) is 36.4 Å². The van der Waals surface area contributed by atoms with Gasteiger partial charge in [0.25, 0.3) is 0 Å².